The van der Waals surface area contributed by atoms with E-state index in [2.05, 4.69) is 82.3 Å². The van der Waals surface area contributed by atoms with Gasteiger partial charge in [-0.3, -0.25) is 4.99 Å². The molecule has 170 valence electrons. The Morgan fingerprint density at radius 1 is 1.16 bits per heavy atom. The molecule has 0 saturated carbocycles. The summed E-state index contributed by atoms with van der Waals surface area (Å²) >= 11 is 0. The van der Waals surface area contributed by atoms with Crippen molar-refractivity contribution < 1.29 is 4.74 Å². The summed E-state index contributed by atoms with van der Waals surface area (Å²) in [5.74, 6) is 2.77. The first-order chi connectivity index (χ1) is 15.6. The van der Waals surface area contributed by atoms with Crippen LogP contribution in [0.4, 0.5) is 0 Å². The van der Waals surface area contributed by atoms with Gasteiger partial charge >= 0.3 is 0 Å². The lowest BCUT2D eigenvalue weighted by molar-refractivity contribution is 0.414. The average Bonchev–Trinajstić information content (AvgIpc) is 3.27. The molecule has 3 rings (SSSR count). The summed E-state index contributed by atoms with van der Waals surface area (Å²) in [5, 5.41) is 11.7. The quantitative estimate of drug-likeness (QED) is 0.391. The van der Waals surface area contributed by atoms with Gasteiger partial charge in [0.2, 0.25) is 0 Å². The van der Waals surface area contributed by atoms with E-state index in [-0.39, 0.29) is 0 Å². The van der Waals surface area contributed by atoms with Gasteiger partial charge in [-0.25, -0.2) is 0 Å². The third kappa shape index (κ3) is 6.57. The fraction of sp³-hybridized carbons (Fsp3) is 0.400. The maximum atomic E-state index is 5.25. The Kier molecular flexibility index (Phi) is 8.66. The maximum Gasteiger partial charge on any atom is 0.194 e. The highest BCUT2D eigenvalue weighted by atomic mass is 16.5. The monoisotopic (exact) mass is 434 g/mol. The molecule has 0 radical (unpaired) electrons. The van der Waals surface area contributed by atoms with Crippen molar-refractivity contribution >= 4 is 5.96 Å². The first kappa shape index (κ1) is 23.3. The van der Waals surface area contributed by atoms with Crippen LogP contribution in [0.2, 0.25) is 0 Å². The van der Waals surface area contributed by atoms with E-state index in [0.29, 0.717) is 6.54 Å². The summed E-state index contributed by atoms with van der Waals surface area (Å²) < 4.78 is 7.33. The van der Waals surface area contributed by atoms with Gasteiger partial charge in [-0.1, -0.05) is 43.3 Å². The number of nitrogens with one attached hydrogen (secondary N) is 1. The molecule has 1 N–H and O–H groups in total. The van der Waals surface area contributed by atoms with Gasteiger partial charge in [0, 0.05) is 39.6 Å². The molecule has 32 heavy (non-hydrogen) atoms. The van der Waals surface area contributed by atoms with Crippen molar-refractivity contribution in [3.8, 4) is 5.75 Å². The smallest absolute Gasteiger partial charge is 0.194 e. The highest BCUT2D eigenvalue weighted by Crippen LogP contribution is 2.12. The number of hydrogen-bond donors (Lipinski definition) is 1. The second-order valence-corrected chi connectivity index (χ2v) is 7.81. The zero-order valence-electron chi connectivity index (χ0n) is 19.6. The molecule has 2 aromatic carbocycles. The number of rotatable bonds is 10. The minimum Gasteiger partial charge on any atom is -0.497 e. The molecule has 1 aromatic heterocycles. The van der Waals surface area contributed by atoms with E-state index in [0.717, 1.165) is 50.0 Å². The Balaban J connectivity index is 1.65. The number of nitrogens with zero attached hydrogens (tertiary/aromatic N) is 5. The Morgan fingerprint density at radius 2 is 1.94 bits per heavy atom. The lowest BCUT2D eigenvalue weighted by Gasteiger charge is -2.23. The predicted octanol–water partition coefficient (Wildman–Crippen LogP) is 3.48. The summed E-state index contributed by atoms with van der Waals surface area (Å²) in [7, 11) is 3.77. The fourth-order valence-corrected chi connectivity index (χ4v) is 3.54. The molecule has 7 nitrogen and oxygen atoms in total. The number of benzene rings is 2. The number of aryl methyl sites for hydroxylation is 2. The van der Waals surface area contributed by atoms with Crippen LogP contribution in [0.15, 0.2) is 59.9 Å². The zero-order valence-corrected chi connectivity index (χ0v) is 19.6. The van der Waals surface area contributed by atoms with Crippen molar-refractivity contribution in [2.45, 2.75) is 39.8 Å². The number of aromatic nitrogens is 3. The SMILES string of the molecule is CCc1nncn1CCNC(=NCCc1ccc(OC)cc1)N(C)Cc1ccccc1C. The molecule has 0 spiro atoms. The summed E-state index contributed by atoms with van der Waals surface area (Å²) in [6.45, 7) is 7.30. The fourth-order valence-electron chi connectivity index (χ4n) is 3.54. The molecule has 1 heterocycles. The lowest BCUT2D eigenvalue weighted by atomic mass is 10.1. The molecule has 0 aliphatic carbocycles. The van der Waals surface area contributed by atoms with Crippen molar-refractivity contribution in [1.29, 1.82) is 0 Å². The molecule has 3 aromatic rings. The van der Waals surface area contributed by atoms with Crippen LogP contribution < -0.4 is 10.1 Å². The lowest BCUT2D eigenvalue weighted by Crippen LogP contribution is -2.40. The third-order valence-electron chi connectivity index (χ3n) is 5.50. The Labute approximate surface area is 191 Å². The van der Waals surface area contributed by atoms with Crippen LogP contribution >= 0.6 is 0 Å². The molecular weight excluding hydrogens is 400 g/mol. The van der Waals surface area contributed by atoms with E-state index in [9.17, 15) is 0 Å². The van der Waals surface area contributed by atoms with E-state index in [4.69, 9.17) is 9.73 Å². The Morgan fingerprint density at radius 3 is 2.66 bits per heavy atom. The van der Waals surface area contributed by atoms with Gasteiger partial charge in [-0.15, -0.1) is 10.2 Å². The van der Waals surface area contributed by atoms with E-state index >= 15 is 0 Å². The summed E-state index contributed by atoms with van der Waals surface area (Å²) in [5.41, 5.74) is 3.83. The normalized spacial score (nSPS) is 11.4. The van der Waals surface area contributed by atoms with Crippen molar-refractivity contribution in [3.05, 3.63) is 77.4 Å². The van der Waals surface area contributed by atoms with E-state index in [1.807, 2.05) is 12.1 Å². The first-order valence-electron chi connectivity index (χ1n) is 11.1. The summed E-state index contributed by atoms with van der Waals surface area (Å²) in [6, 6.07) is 16.7. The van der Waals surface area contributed by atoms with Gasteiger partial charge in [0.15, 0.2) is 5.96 Å². The second kappa shape index (κ2) is 11.9. The highest BCUT2D eigenvalue weighted by molar-refractivity contribution is 5.79. The third-order valence-corrected chi connectivity index (χ3v) is 5.50. The van der Waals surface area contributed by atoms with E-state index in [1.54, 1.807) is 13.4 Å². The number of methoxy groups -OCH3 is 1. The van der Waals surface area contributed by atoms with Crippen LogP contribution in [0, 0.1) is 6.92 Å². The van der Waals surface area contributed by atoms with Crippen LogP contribution in [0.1, 0.15) is 29.4 Å². The molecule has 0 bridgehead atoms. The maximum absolute atomic E-state index is 5.25. The summed E-state index contributed by atoms with van der Waals surface area (Å²) in [4.78, 5) is 7.09. The molecule has 0 atom stereocenters. The summed E-state index contributed by atoms with van der Waals surface area (Å²) in [6.07, 6.45) is 3.53. The van der Waals surface area contributed by atoms with E-state index < -0.39 is 0 Å². The number of aliphatic imine (C=N–C) groups is 1. The molecule has 0 aliphatic rings. The molecule has 0 saturated heterocycles. The molecule has 0 unspecified atom stereocenters. The van der Waals surface area contributed by atoms with Gasteiger partial charge in [-0.2, -0.15) is 0 Å². The highest BCUT2D eigenvalue weighted by Gasteiger charge is 2.09. The molecule has 0 aliphatic heterocycles. The van der Waals surface area contributed by atoms with Gasteiger partial charge < -0.3 is 19.5 Å². The minimum atomic E-state index is 0.708. The molecular formula is C25H34N6O. The topological polar surface area (TPSA) is 67.6 Å². The van der Waals surface area contributed by atoms with Gasteiger partial charge in [0.1, 0.15) is 17.9 Å². The van der Waals surface area contributed by atoms with Gasteiger partial charge in [-0.05, 0) is 42.2 Å². The second-order valence-electron chi connectivity index (χ2n) is 7.81. The van der Waals surface area contributed by atoms with Crippen LogP contribution in [-0.2, 0) is 25.9 Å². The van der Waals surface area contributed by atoms with E-state index in [1.165, 1.54) is 16.7 Å². The molecule has 0 fully saturated rings. The predicted molar refractivity (Wildman–Crippen MR) is 129 cm³/mol. The number of guanidine groups is 1. The number of ether oxygens (including phenoxy) is 1. The average molecular weight is 435 g/mol. The molecule has 7 heteroatoms. The number of hydrogen-bond acceptors (Lipinski definition) is 4. The van der Waals surface area contributed by atoms with Crippen LogP contribution in [0.5, 0.6) is 5.75 Å². The zero-order chi connectivity index (χ0) is 22.8. The van der Waals surface area contributed by atoms with Crippen molar-refractivity contribution in [2.24, 2.45) is 4.99 Å². The largest absolute Gasteiger partial charge is 0.497 e. The van der Waals surface area contributed by atoms with Gasteiger partial charge in [0.25, 0.3) is 0 Å². The van der Waals surface area contributed by atoms with Crippen LogP contribution in [0.3, 0.4) is 0 Å². The standard InChI is InChI=1S/C25H34N6O/c1-5-24-29-28-19-31(24)17-16-27-25(30(3)18-22-9-7-6-8-20(22)2)26-15-14-21-10-12-23(32-4)13-11-21/h6-13,19H,5,14-18H2,1-4H3,(H,26,27). The van der Waals surface area contributed by atoms with Crippen molar-refractivity contribution in [1.82, 2.24) is 25.0 Å². The van der Waals surface area contributed by atoms with Crippen LogP contribution in [-0.4, -0.2) is 52.9 Å². The Hall–Kier alpha value is -3.35. The van der Waals surface area contributed by atoms with Crippen molar-refractivity contribution in [3.63, 3.8) is 0 Å². The first-order valence-corrected chi connectivity index (χ1v) is 11.1. The molecule has 0 amide bonds. The van der Waals surface area contributed by atoms with Crippen LogP contribution in [0.25, 0.3) is 0 Å². The van der Waals surface area contributed by atoms with Gasteiger partial charge in [0.05, 0.1) is 7.11 Å². The Bertz CT molecular complexity index is 996. The minimum absolute atomic E-state index is 0.708. The van der Waals surface area contributed by atoms with Crippen molar-refractivity contribution in [2.75, 3.05) is 27.2 Å².